The minimum Gasteiger partial charge on any atom is -0.495 e. The van der Waals surface area contributed by atoms with Gasteiger partial charge in [-0.1, -0.05) is 17.7 Å². The molecule has 0 aliphatic carbocycles. The lowest BCUT2D eigenvalue weighted by molar-refractivity contribution is -0.130. The molecule has 2 N–H and O–H groups in total. The van der Waals surface area contributed by atoms with E-state index in [1.807, 2.05) is 6.07 Å². The van der Waals surface area contributed by atoms with Crippen molar-refractivity contribution in [3.63, 3.8) is 0 Å². The SMILES string of the molecule is COc1ccc(CN(C)C(=O)CCN)cc1Cl. The lowest BCUT2D eigenvalue weighted by Crippen LogP contribution is -2.27. The molecule has 0 heterocycles. The van der Waals surface area contributed by atoms with Gasteiger partial charge in [-0.3, -0.25) is 4.79 Å². The van der Waals surface area contributed by atoms with Gasteiger partial charge in [0.05, 0.1) is 12.1 Å². The topological polar surface area (TPSA) is 55.6 Å². The summed E-state index contributed by atoms with van der Waals surface area (Å²) in [4.78, 5) is 13.2. The molecule has 0 radical (unpaired) electrons. The normalized spacial score (nSPS) is 10.1. The van der Waals surface area contributed by atoms with Gasteiger partial charge in [-0.15, -0.1) is 0 Å². The third kappa shape index (κ3) is 3.91. The summed E-state index contributed by atoms with van der Waals surface area (Å²) < 4.78 is 5.06. The summed E-state index contributed by atoms with van der Waals surface area (Å²) >= 11 is 6.01. The van der Waals surface area contributed by atoms with Crippen molar-refractivity contribution in [1.29, 1.82) is 0 Å². The number of nitrogens with zero attached hydrogens (tertiary/aromatic N) is 1. The molecule has 0 unspecified atom stereocenters. The fraction of sp³-hybridized carbons (Fsp3) is 0.417. The maximum Gasteiger partial charge on any atom is 0.223 e. The van der Waals surface area contributed by atoms with Crippen LogP contribution in [0.3, 0.4) is 0 Å². The molecule has 1 amide bonds. The van der Waals surface area contributed by atoms with Crippen molar-refractivity contribution in [2.75, 3.05) is 20.7 Å². The summed E-state index contributed by atoms with van der Waals surface area (Å²) in [5, 5.41) is 0.546. The summed E-state index contributed by atoms with van der Waals surface area (Å²) in [6, 6.07) is 5.47. The van der Waals surface area contributed by atoms with Crippen LogP contribution in [0.5, 0.6) is 5.75 Å². The number of carbonyl (C=O) groups excluding carboxylic acids is 1. The van der Waals surface area contributed by atoms with Gasteiger partial charge in [0.1, 0.15) is 5.75 Å². The Bertz CT molecular complexity index is 396. The smallest absolute Gasteiger partial charge is 0.223 e. The number of amides is 1. The van der Waals surface area contributed by atoms with Crippen LogP contribution in [0.25, 0.3) is 0 Å². The number of hydrogen-bond acceptors (Lipinski definition) is 3. The van der Waals surface area contributed by atoms with Crippen LogP contribution in [-0.4, -0.2) is 31.5 Å². The van der Waals surface area contributed by atoms with Crippen LogP contribution in [0.1, 0.15) is 12.0 Å². The summed E-state index contributed by atoms with van der Waals surface area (Å²) in [7, 11) is 3.31. The summed E-state index contributed by atoms with van der Waals surface area (Å²) in [6.07, 6.45) is 0.361. The number of rotatable bonds is 5. The van der Waals surface area contributed by atoms with Crippen LogP contribution < -0.4 is 10.5 Å². The summed E-state index contributed by atoms with van der Waals surface area (Å²) in [6.45, 7) is 0.884. The number of methoxy groups -OCH3 is 1. The van der Waals surface area contributed by atoms with E-state index < -0.39 is 0 Å². The van der Waals surface area contributed by atoms with Gasteiger partial charge in [0.15, 0.2) is 0 Å². The Morgan fingerprint density at radius 1 is 1.53 bits per heavy atom. The van der Waals surface area contributed by atoms with Crippen molar-refractivity contribution in [3.05, 3.63) is 28.8 Å². The van der Waals surface area contributed by atoms with Gasteiger partial charge in [-0.05, 0) is 17.7 Å². The molecule has 0 saturated carbocycles. The number of nitrogens with two attached hydrogens (primary N) is 1. The minimum atomic E-state index is 0.0273. The molecular weight excluding hydrogens is 240 g/mol. The third-order valence-corrected chi connectivity index (χ3v) is 2.72. The predicted octanol–water partition coefficient (Wildman–Crippen LogP) is 1.66. The second-order valence-corrected chi connectivity index (χ2v) is 4.16. The van der Waals surface area contributed by atoms with Gasteiger partial charge in [0.2, 0.25) is 5.91 Å². The molecule has 94 valence electrons. The lowest BCUT2D eigenvalue weighted by Gasteiger charge is -2.17. The van der Waals surface area contributed by atoms with Crippen molar-refractivity contribution in [3.8, 4) is 5.75 Å². The Kier molecular flexibility index (Phi) is 5.25. The molecule has 1 rings (SSSR count). The van der Waals surface area contributed by atoms with E-state index in [1.54, 1.807) is 31.2 Å². The summed E-state index contributed by atoms with van der Waals surface area (Å²) in [5.74, 6) is 0.658. The predicted molar refractivity (Wildman–Crippen MR) is 68.1 cm³/mol. The first kappa shape index (κ1) is 13.8. The molecule has 0 fully saturated rings. The fourth-order valence-electron chi connectivity index (χ4n) is 1.48. The van der Waals surface area contributed by atoms with Crippen molar-refractivity contribution in [2.24, 2.45) is 5.73 Å². The standard InChI is InChI=1S/C12H17ClN2O2/c1-15(12(16)5-6-14)8-9-3-4-11(17-2)10(13)7-9/h3-4,7H,5-6,8,14H2,1-2H3. The highest BCUT2D eigenvalue weighted by atomic mass is 35.5. The largest absolute Gasteiger partial charge is 0.495 e. The van der Waals surface area contributed by atoms with Crippen LogP contribution in [0, 0.1) is 0 Å². The van der Waals surface area contributed by atoms with Gasteiger partial charge < -0.3 is 15.4 Å². The molecule has 0 bridgehead atoms. The maximum absolute atomic E-state index is 11.5. The molecule has 1 aromatic carbocycles. The Balaban J connectivity index is 2.68. The Labute approximate surface area is 106 Å². The highest BCUT2D eigenvalue weighted by Crippen LogP contribution is 2.25. The Hall–Kier alpha value is -1.26. The number of hydrogen-bond donors (Lipinski definition) is 1. The zero-order chi connectivity index (χ0) is 12.8. The molecule has 4 nitrogen and oxygen atoms in total. The first-order chi connectivity index (χ1) is 8.08. The monoisotopic (exact) mass is 256 g/mol. The molecule has 0 spiro atoms. The van der Waals surface area contributed by atoms with Crippen molar-refractivity contribution in [2.45, 2.75) is 13.0 Å². The van der Waals surface area contributed by atoms with Crippen LogP contribution >= 0.6 is 11.6 Å². The molecule has 17 heavy (non-hydrogen) atoms. The van der Waals surface area contributed by atoms with E-state index >= 15 is 0 Å². The second kappa shape index (κ2) is 6.47. The van der Waals surface area contributed by atoms with E-state index in [-0.39, 0.29) is 5.91 Å². The van der Waals surface area contributed by atoms with Crippen LogP contribution in [0.4, 0.5) is 0 Å². The Morgan fingerprint density at radius 3 is 2.76 bits per heavy atom. The first-order valence-electron chi connectivity index (χ1n) is 5.35. The molecule has 0 aliphatic rings. The van der Waals surface area contributed by atoms with E-state index in [9.17, 15) is 4.79 Å². The van der Waals surface area contributed by atoms with Crippen molar-refractivity contribution < 1.29 is 9.53 Å². The van der Waals surface area contributed by atoms with Crippen molar-refractivity contribution in [1.82, 2.24) is 4.90 Å². The average molecular weight is 257 g/mol. The van der Waals surface area contributed by atoms with Crippen LogP contribution in [-0.2, 0) is 11.3 Å². The van der Waals surface area contributed by atoms with E-state index in [0.717, 1.165) is 5.56 Å². The van der Waals surface area contributed by atoms with Gasteiger partial charge in [-0.2, -0.15) is 0 Å². The van der Waals surface area contributed by atoms with Gasteiger partial charge in [-0.25, -0.2) is 0 Å². The molecular formula is C12H17ClN2O2. The van der Waals surface area contributed by atoms with E-state index in [1.165, 1.54) is 0 Å². The average Bonchev–Trinajstić information content (AvgIpc) is 2.29. The number of carbonyl (C=O) groups is 1. The van der Waals surface area contributed by atoms with Gasteiger partial charge in [0.25, 0.3) is 0 Å². The highest BCUT2D eigenvalue weighted by Gasteiger charge is 2.09. The lowest BCUT2D eigenvalue weighted by atomic mass is 10.2. The first-order valence-corrected chi connectivity index (χ1v) is 5.72. The third-order valence-electron chi connectivity index (χ3n) is 2.42. The molecule has 0 atom stereocenters. The minimum absolute atomic E-state index is 0.0273. The van der Waals surface area contributed by atoms with Gasteiger partial charge >= 0.3 is 0 Å². The molecule has 1 aromatic rings. The van der Waals surface area contributed by atoms with E-state index in [0.29, 0.717) is 30.3 Å². The van der Waals surface area contributed by atoms with E-state index in [4.69, 9.17) is 22.1 Å². The number of ether oxygens (including phenoxy) is 1. The van der Waals surface area contributed by atoms with Crippen LogP contribution in [0.15, 0.2) is 18.2 Å². The van der Waals surface area contributed by atoms with Crippen LogP contribution in [0.2, 0.25) is 5.02 Å². The molecule has 0 saturated heterocycles. The zero-order valence-electron chi connectivity index (χ0n) is 10.1. The maximum atomic E-state index is 11.5. The van der Waals surface area contributed by atoms with Gasteiger partial charge in [0, 0.05) is 26.6 Å². The molecule has 0 aliphatic heterocycles. The Morgan fingerprint density at radius 2 is 2.24 bits per heavy atom. The summed E-state index contributed by atoms with van der Waals surface area (Å²) in [5.41, 5.74) is 6.30. The quantitative estimate of drug-likeness (QED) is 0.872. The van der Waals surface area contributed by atoms with Crippen molar-refractivity contribution >= 4 is 17.5 Å². The fourth-order valence-corrected chi connectivity index (χ4v) is 1.76. The zero-order valence-corrected chi connectivity index (χ0v) is 10.8. The highest BCUT2D eigenvalue weighted by molar-refractivity contribution is 6.32. The second-order valence-electron chi connectivity index (χ2n) is 3.76. The molecule has 0 aromatic heterocycles. The number of benzene rings is 1. The number of halogens is 1. The van der Waals surface area contributed by atoms with E-state index in [2.05, 4.69) is 0 Å². The molecule has 5 heteroatoms.